The molecular formula is C42H52N4O12. The van der Waals surface area contributed by atoms with E-state index in [4.69, 9.17) is 28.4 Å². The lowest BCUT2D eigenvalue weighted by atomic mass is 10.0. The molecular weight excluding hydrogens is 752 g/mol. The highest BCUT2D eigenvalue weighted by atomic mass is 16.6. The molecule has 1 aliphatic rings. The Morgan fingerprint density at radius 3 is 2.07 bits per heavy atom. The quantitative estimate of drug-likeness (QED) is 0.0460. The molecule has 1 atom stereocenters. The third kappa shape index (κ3) is 15.1. The zero-order valence-corrected chi connectivity index (χ0v) is 33.0. The number of nitro benzene ring substituents is 1. The number of aliphatic hydroxyl groups is 1. The lowest BCUT2D eigenvalue weighted by Crippen LogP contribution is -2.35. The van der Waals surface area contributed by atoms with E-state index in [9.17, 15) is 29.6 Å². The second kappa shape index (κ2) is 24.9. The molecule has 58 heavy (non-hydrogen) atoms. The van der Waals surface area contributed by atoms with Crippen LogP contribution in [-0.4, -0.2) is 107 Å². The third-order valence-electron chi connectivity index (χ3n) is 8.76. The Morgan fingerprint density at radius 2 is 1.38 bits per heavy atom. The number of para-hydroxylation sites is 1. The zero-order valence-electron chi connectivity index (χ0n) is 33.0. The molecule has 16 nitrogen and oxygen atoms in total. The number of anilines is 1. The van der Waals surface area contributed by atoms with Crippen molar-refractivity contribution in [1.29, 1.82) is 0 Å². The van der Waals surface area contributed by atoms with Crippen LogP contribution in [0.2, 0.25) is 0 Å². The number of carbonyl (C=O) groups is 3. The van der Waals surface area contributed by atoms with Gasteiger partial charge in [-0.05, 0) is 43.2 Å². The number of methoxy groups -OCH3 is 1. The predicted octanol–water partition coefficient (Wildman–Crippen LogP) is 3.84. The lowest BCUT2D eigenvalue weighted by molar-refractivity contribution is -0.386. The predicted molar refractivity (Wildman–Crippen MR) is 214 cm³/mol. The van der Waals surface area contributed by atoms with Crippen LogP contribution in [0.1, 0.15) is 61.0 Å². The molecule has 312 valence electrons. The van der Waals surface area contributed by atoms with Crippen molar-refractivity contribution in [2.24, 2.45) is 0 Å². The van der Waals surface area contributed by atoms with E-state index in [0.717, 1.165) is 22.4 Å². The van der Waals surface area contributed by atoms with Crippen LogP contribution in [0.5, 0.6) is 11.5 Å². The molecule has 0 aromatic heterocycles. The molecule has 0 saturated heterocycles. The summed E-state index contributed by atoms with van der Waals surface area (Å²) in [7, 11) is 1.39. The molecule has 3 aromatic rings. The number of hydrogen-bond acceptors (Lipinski definition) is 12. The minimum absolute atomic E-state index is 0.102. The summed E-state index contributed by atoms with van der Waals surface area (Å²) < 4.78 is 32.8. The van der Waals surface area contributed by atoms with Crippen molar-refractivity contribution >= 4 is 29.1 Å². The number of rotatable bonds is 26. The van der Waals surface area contributed by atoms with Gasteiger partial charge in [-0.15, -0.1) is 0 Å². The molecule has 0 fully saturated rings. The van der Waals surface area contributed by atoms with E-state index >= 15 is 0 Å². The number of nitro groups is 1. The van der Waals surface area contributed by atoms with E-state index in [1.165, 1.54) is 26.2 Å². The number of benzene rings is 3. The first-order valence-corrected chi connectivity index (χ1v) is 19.2. The number of carbonyl (C=O) groups excluding carboxylic acids is 3. The van der Waals surface area contributed by atoms with Crippen molar-refractivity contribution < 1.29 is 52.8 Å². The fourth-order valence-corrected chi connectivity index (χ4v) is 5.76. The van der Waals surface area contributed by atoms with Crippen molar-refractivity contribution in [3.8, 4) is 23.3 Å². The maximum Gasteiger partial charge on any atom is 0.279 e. The molecule has 3 amide bonds. The van der Waals surface area contributed by atoms with Crippen LogP contribution in [-0.2, 0) is 39.9 Å². The van der Waals surface area contributed by atoms with Crippen molar-refractivity contribution in [3.63, 3.8) is 0 Å². The molecule has 1 heterocycles. The Morgan fingerprint density at radius 1 is 0.776 bits per heavy atom. The number of hydrogen-bond donors (Lipinski definition) is 3. The monoisotopic (exact) mass is 804 g/mol. The standard InChI is InChI=1S/C42H52N4O12/c1-31(47)35-28-38(53-2)39(29-37(35)46(51)52)58-19-7-12-40(48)44-18-21-55-23-25-57-27-26-56-24-22-54-20-16-41(49)43-17-15-42(50)45-30-34-10-4-3-8-32(34)13-14-33-9-5-6-11-36(33)45/h3-6,8-11,28-29,31,47H,7,12,15-27,30H2,1-2H3,(H,43,49)(H,44,48). The summed E-state index contributed by atoms with van der Waals surface area (Å²) in [6, 6.07) is 17.9. The summed E-state index contributed by atoms with van der Waals surface area (Å²) in [4.78, 5) is 50.3. The van der Waals surface area contributed by atoms with Gasteiger partial charge in [-0.2, -0.15) is 0 Å². The fourth-order valence-electron chi connectivity index (χ4n) is 5.76. The first-order valence-electron chi connectivity index (χ1n) is 19.2. The highest BCUT2D eigenvalue weighted by Gasteiger charge is 2.23. The molecule has 0 bridgehead atoms. The SMILES string of the molecule is COc1cc(C(C)O)c([N+](=O)[O-])cc1OCCCC(=O)NCCOCCOCCOCCOCCC(=O)NCCC(=O)N1Cc2ccccc2C#Cc2ccccc21. The Balaban J connectivity index is 0.937. The topological polar surface area (TPSA) is 197 Å². The summed E-state index contributed by atoms with van der Waals surface area (Å²) in [5.41, 5.74) is 3.24. The molecule has 1 unspecified atom stereocenters. The average Bonchev–Trinajstić information content (AvgIpc) is 3.21. The number of fused-ring (bicyclic) bond motifs is 2. The zero-order chi connectivity index (χ0) is 41.5. The van der Waals surface area contributed by atoms with Gasteiger partial charge < -0.3 is 49.1 Å². The van der Waals surface area contributed by atoms with E-state index in [2.05, 4.69) is 22.5 Å². The molecule has 4 rings (SSSR count). The normalized spacial score (nSPS) is 12.2. The average molecular weight is 805 g/mol. The highest BCUT2D eigenvalue weighted by molar-refractivity contribution is 5.95. The van der Waals surface area contributed by atoms with Crippen LogP contribution >= 0.6 is 0 Å². The van der Waals surface area contributed by atoms with Crippen molar-refractivity contribution in [1.82, 2.24) is 10.6 Å². The molecule has 0 spiro atoms. The smallest absolute Gasteiger partial charge is 0.279 e. The highest BCUT2D eigenvalue weighted by Crippen LogP contribution is 2.37. The fraction of sp³-hybridized carbons (Fsp3) is 0.452. The summed E-state index contributed by atoms with van der Waals surface area (Å²) in [6.45, 7) is 5.16. The van der Waals surface area contributed by atoms with Crippen LogP contribution in [0.3, 0.4) is 0 Å². The van der Waals surface area contributed by atoms with E-state index in [1.54, 1.807) is 4.90 Å². The van der Waals surface area contributed by atoms with Crippen molar-refractivity contribution in [3.05, 3.63) is 93.0 Å². The van der Waals surface area contributed by atoms with Crippen LogP contribution in [0.25, 0.3) is 0 Å². The molecule has 0 saturated carbocycles. The van der Waals surface area contributed by atoms with Crippen LogP contribution in [0.15, 0.2) is 60.7 Å². The Kier molecular flexibility index (Phi) is 19.4. The van der Waals surface area contributed by atoms with Gasteiger partial charge in [0.05, 0.1) is 101 Å². The van der Waals surface area contributed by atoms with E-state index in [-0.39, 0.29) is 79.5 Å². The first-order chi connectivity index (χ1) is 28.2. The van der Waals surface area contributed by atoms with Crippen LogP contribution < -0.4 is 25.0 Å². The summed E-state index contributed by atoms with van der Waals surface area (Å²) in [5.74, 6) is 6.31. The van der Waals surface area contributed by atoms with Gasteiger partial charge in [0, 0.05) is 43.5 Å². The van der Waals surface area contributed by atoms with Crippen molar-refractivity contribution in [2.75, 3.05) is 84.6 Å². The Labute approximate surface area is 338 Å². The van der Waals surface area contributed by atoms with Gasteiger partial charge in [-0.25, -0.2) is 0 Å². The van der Waals surface area contributed by atoms with Gasteiger partial charge in [0.1, 0.15) is 0 Å². The van der Waals surface area contributed by atoms with Crippen molar-refractivity contribution in [2.45, 2.75) is 45.3 Å². The molecule has 0 radical (unpaired) electrons. The Bertz CT molecular complexity index is 1880. The molecule has 3 aromatic carbocycles. The van der Waals surface area contributed by atoms with Gasteiger partial charge >= 0.3 is 0 Å². The lowest BCUT2D eigenvalue weighted by Gasteiger charge is -2.26. The van der Waals surface area contributed by atoms with Crippen LogP contribution in [0.4, 0.5) is 11.4 Å². The molecule has 16 heteroatoms. The summed E-state index contributed by atoms with van der Waals surface area (Å²) >= 11 is 0. The number of aliphatic hydroxyl groups excluding tert-OH is 1. The number of ether oxygens (including phenoxy) is 6. The molecule has 0 aliphatic carbocycles. The Hall–Kier alpha value is -5.57. The number of nitrogens with zero attached hydrogens (tertiary/aromatic N) is 2. The van der Waals surface area contributed by atoms with E-state index in [0.29, 0.717) is 65.8 Å². The summed E-state index contributed by atoms with van der Waals surface area (Å²) in [5, 5.41) is 26.8. The van der Waals surface area contributed by atoms with Gasteiger partial charge in [0.15, 0.2) is 11.5 Å². The maximum atomic E-state index is 13.3. The number of amides is 3. The molecule has 1 aliphatic heterocycles. The van der Waals surface area contributed by atoms with Crippen LogP contribution in [0, 0.1) is 22.0 Å². The van der Waals surface area contributed by atoms with Gasteiger partial charge in [-0.1, -0.05) is 42.2 Å². The second-order valence-corrected chi connectivity index (χ2v) is 13.0. The minimum atomic E-state index is -1.06. The van der Waals surface area contributed by atoms with E-state index in [1.807, 2.05) is 48.5 Å². The minimum Gasteiger partial charge on any atom is -0.493 e. The largest absolute Gasteiger partial charge is 0.493 e. The first kappa shape index (κ1) is 45.1. The number of nitrogens with one attached hydrogen (secondary N) is 2. The van der Waals surface area contributed by atoms with E-state index < -0.39 is 11.0 Å². The van der Waals surface area contributed by atoms with Gasteiger partial charge in [0.2, 0.25) is 17.7 Å². The molecule has 3 N–H and O–H groups in total. The third-order valence-corrected chi connectivity index (χ3v) is 8.76. The van der Waals surface area contributed by atoms with Gasteiger partial charge in [0.25, 0.3) is 5.69 Å². The summed E-state index contributed by atoms with van der Waals surface area (Å²) in [6.07, 6.45) is -0.185. The van der Waals surface area contributed by atoms with Gasteiger partial charge in [-0.3, -0.25) is 24.5 Å². The maximum absolute atomic E-state index is 13.3. The second-order valence-electron chi connectivity index (χ2n) is 13.0.